The highest BCUT2D eigenvalue weighted by atomic mass is 19.1. The van der Waals surface area contributed by atoms with Crippen molar-refractivity contribution in [1.82, 2.24) is 9.55 Å². The molecule has 1 heterocycles. The Morgan fingerprint density at radius 1 is 1.23 bits per heavy atom. The third-order valence-electron chi connectivity index (χ3n) is 4.24. The normalized spacial score (nSPS) is 11.0. The number of aryl methyl sites for hydroxylation is 1. The van der Waals surface area contributed by atoms with Crippen LogP contribution in [0.15, 0.2) is 54.9 Å². The number of halogens is 1. The standard InChI is InChI=1S/C21H22FN3O/c1-14(2)20-23-9-10-25(20)13-16-5-4-6-18(11-16)24-21(26)17-8-7-15(3)19(22)12-17/h4-12,14H,13H2,1-3H3,(H,24,26). The number of anilines is 1. The van der Waals surface area contributed by atoms with E-state index < -0.39 is 0 Å². The lowest BCUT2D eigenvalue weighted by atomic mass is 10.1. The molecule has 3 rings (SSSR count). The minimum absolute atomic E-state index is 0.301. The molecule has 0 saturated heterocycles. The smallest absolute Gasteiger partial charge is 0.255 e. The van der Waals surface area contributed by atoms with E-state index in [2.05, 4.69) is 28.7 Å². The van der Waals surface area contributed by atoms with Crippen LogP contribution >= 0.6 is 0 Å². The van der Waals surface area contributed by atoms with E-state index in [-0.39, 0.29) is 11.7 Å². The molecule has 4 nitrogen and oxygen atoms in total. The molecule has 1 amide bonds. The molecule has 0 aliphatic carbocycles. The van der Waals surface area contributed by atoms with E-state index in [0.29, 0.717) is 29.3 Å². The maximum absolute atomic E-state index is 13.7. The van der Waals surface area contributed by atoms with Crippen LogP contribution in [0.2, 0.25) is 0 Å². The average Bonchev–Trinajstić information content (AvgIpc) is 3.06. The van der Waals surface area contributed by atoms with E-state index in [1.807, 2.05) is 30.5 Å². The Kier molecular flexibility index (Phi) is 5.16. The number of amides is 1. The molecule has 0 bridgehead atoms. The summed E-state index contributed by atoms with van der Waals surface area (Å²) in [4.78, 5) is 16.8. The Hall–Kier alpha value is -2.95. The molecule has 0 fully saturated rings. The predicted molar refractivity (Wildman–Crippen MR) is 101 cm³/mol. The molecule has 0 unspecified atom stereocenters. The molecule has 0 atom stereocenters. The number of rotatable bonds is 5. The van der Waals surface area contributed by atoms with Gasteiger partial charge in [-0.1, -0.05) is 32.0 Å². The zero-order chi connectivity index (χ0) is 18.7. The van der Waals surface area contributed by atoms with Crippen LogP contribution in [0.4, 0.5) is 10.1 Å². The van der Waals surface area contributed by atoms with Gasteiger partial charge in [0.05, 0.1) is 0 Å². The quantitative estimate of drug-likeness (QED) is 0.721. The summed E-state index contributed by atoms with van der Waals surface area (Å²) in [6.45, 7) is 6.56. The van der Waals surface area contributed by atoms with Gasteiger partial charge in [0.25, 0.3) is 5.91 Å². The molecule has 0 spiro atoms. The molecule has 134 valence electrons. The van der Waals surface area contributed by atoms with Crippen LogP contribution < -0.4 is 5.32 Å². The topological polar surface area (TPSA) is 46.9 Å². The summed E-state index contributed by atoms with van der Waals surface area (Å²) in [6.07, 6.45) is 3.75. The minimum atomic E-state index is -0.382. The number of nitrogens with one attached hydrogen (secondary N) is 1. The number of hydrogen-bond donors (Lipinski definition) is 1. The molecule has 1 aromatic heterocycles. The highest BCUT2D eigenvalue weighted by Crippen LogP contribution is 2.17. The van der Waals surface area contributed by atoms with Crippen LogP contribution in [0.1, 0.15) is 47.1 Å². The molecule has 0 radical (unpaired) electrons. The van der Waals surface area contributed by atoms with E-state index in [1.54, 1.807) is 25.3 Å². The number of nitrogens with zero attached hydrogens (tertiary/aromatic N) is 2. The molecule has 26 heavy (non-hydrogen) atoms. The monoisotopic (exact) mass is 351 g/mol. The fourth-order valence-electron chi connectivity index (χ4n) is 2.84. The number of imidazole rings is 1. The van der Waals surface area contributed by atoms with Gasteiger partial charge in [0.15, 0.2) is 0 Å². The predicted octanol–water partition coefficient (Wildman–Crippen LogP) is 4.75. The first-order valence-corrected chi connectivity index (χ1v) is 8.61. The van der Waals surface area contributed by atoms with E-state index in [4.69, 9.17) is 0 Å². The zero-order valence-corrected chi connectivity index (χ0v) is 15.2. The summed E-state index contributed by atoms with van der Waals surface area (Å²) in [7, 11) is 0. The second-order valence-electron chi connectivity index (χ2n) is 6.69. The van der Waals surface area contributed by atoms with E-state index in [9.17, 15) is 9.18 Å². The van der Waals surface area contributed by atoms with Crippen LogP contribution in [0.3, 0.4) is 0 Å². The van der Waals surface area contributed by atoms with Gasteiger partial charge in [-0.15, -0.1) is 0 Å². The van der Waals surface area contributed by atoms with Gasteiger partial charge in [0, 0.05) is 36.1 Å². The van der Waals surface area contributed by atoms with Crippen LogP contribution in [0.25, 0.3) is 0 Å². The van der Waals surface area contributed by atoms with Gasteiger partial charge in [-0.3, -0.25) is 4.79 Å². The Morgan fingerprint density at radius 3 is 2.77 bits per heavy atom. The molecule has 5 heteroatoms. The van der Waals surface area contributed by atoms with Crippen molar-refractivity contribution in [2.24, 2.45) is 0 Å². The summed E-state index contributed by atoms with van der Waals surface area (Å²) in [5.74, 6) is 0.651. The lowest BCUT2D eigenvalue weighted by molar-refractivity contribution is 0.102. The van der Waals surface area contributed by atoms with Gasteiger partial charge in [-0.05, 0) is 42.3 Å². The number of carbonyl (C=O) groups is 1. The van der Waals surface area contributed by atoms with E-state index in [1.165, 1.54) is 6.07 Å². The van der Waals surface area contributed by atoms with Crippen LogP contribution in [-0.4, -0.2) is 15.5 Å². The third kappa shape index (κ3) is 3.99. The molecule has 0 saturated carbocycles. The Labute approximate surface area is 152 Å². The molecule has 1 N–H and O–H groups in total. The van der Waals surface area contributed by atoms with Crippen molar-refractivity contribution in [3.8, 4) is 0 Å². The summed E-state index contributed by atoms with van der Waals surface area (Å²) in [5.41, 5.74) is 2.55. The maximum atomic E-state index is 13.7. The molecule has 2 aromatic carbocycles. The van der Waals surface area contributed by atoms with Gasteiger partial charge in [-0.25, -0.2) is 9.37 Å². The highest BCUT2D eigenvalue weighted by molar-refractivity contribution is 6.04. The first-order chi connectivity index (χ1) is 12.4. The fraction of sp³-hybridized carbons (Fsp3) is 0.238. The van der Waals surface area contributed by atoms with Crippen molar-refractivity contribution in [2.75, 3.05) is 5.32 Å². The Bertz CT molecular complexity index is 931. The van der Waals surface area contributed by atoms with Crippen LogP contribution in [0.5, 0.6) is 0 Å². The SMILES string of the molecule is Cc1ccc(C(=O)Nc2cccc(Cn3ccnc3C(C)C)c2)cc1F. The largest absolute Gasteiger partial charge is 0.330 e. The van der Waals surface area contributed by atoms with Gasteiger partial charge in [0.1, 0.15) is 11.6 Å². The van der Waals surface area contributed by atoms with E-state index >= 15 is 0 Å². The lowest BCUT2D eigenvalue weighted by Crippen LogP contribution is -2.13. The molecule has 0 aliphatic heterocycles. The van der Waals surface area contributed by atoms with E-state index in [0.717, 1.165) is 11.4 Å². The van der Waals surface area contributed by atoms with Crippen molar-refractivity contribution in [2.45, 2.75) is 33.2 Å². The zero-order valence-electron chi connectivity index (χ0n) is 15.2. The van der Waals surface area contributed by atoms with Crippen molar-refractivity contribution in [3.05, 3.63) is 83.2 Å². The number of hydrogen-bond acceptors (Lipinski definition) is 2. The highest BCUT2D eigenvalue weighted by Gasteiger charge is 2.10. The fourth-order valence-corrected chi connectivity index (χ4v) is 2.84. The number of benzene rings is 2. The second kappa shape index (κ2) is 7.52. The maximum Gasteiger partial charge on any atom is 0.255 e. The van der Waals surface area contributed by atoms with Crippen molar-refractivity contribution >= 4 is 11.6 Å². The second-order valence-corrected chi connectivity index (χ2v) is 6.69. The average molecular weight is 351 g/mol. The third-order valence-corrected chi connectivity index (χ3v) is 4.24. The lowest BCUT2D eigenvalue weighted by Gasteiger charge is -2.12. The summed E-state index contributed by atoms with van der Waals surface area (Å²) in [5, 5.41) is 2.83. The van der Waals surface area contributed by atoms with Gasteiger partial charge >= 0.3 is 0 Å². The number of carbonyl (C=O) groups excluding carboxylic acids is 1. The molecular formula is C21H22FN3O. The van der Waals surface area contributed by atoms with Crippen molar-refractivity contribution in [3.63, 3.8) is 0 Å². The minimum Gasteiger partial charge on any atom is -0.330 e. The summed E-state index contributed by atoms with van der Waals surface area (Å²) < 4.78 is 15.8. The Balaban J connectivity index is 1.75. The molecule has 0 aliphatic rings. The van der Waals surface area contributed by atoms with Crippen LogP contribution in [-0.2, 0) is 6.54 Å². The van der Waals surface area contributed by atoms with Crippen molar-refractivity contribution in [1.29, 1.82) is 0 Å². The van der Waals surface area contributed by atoms with Gasteiger partial charge in [0.2, 0.25) is 0 Å². The first-order valence-electron chi connectivity index (χ1n) is 8.61. The molecular weight excluding hydrogens is 329 g/mol. The van der Waals surface area contributed by atoms with Gasteiger partial charge in [-0.2, -0.15) is 0 Å². The van der Waals surface area contributed by atoms with Crippen molar-refractivity contribution < 1.29 is 9.18 Å². The summed E-state index contributed by atoms with van der Waals surface area (Å²) >= 11 is 0. The summed E-state index contributed by atoms with van der Waals surface area (Å²) in [6, 6.07) is 12.1. The van der Waals surface area contributed by atoms with Gasteiger partial charge < -0.3 is 9.88 Å². The molecule has 3 aromatic rings. The first kappa shape index (κ1) is 17.9. The number of aromatic nitrogens is 2. The Morgan fingerprint density at radius 2 is 2.04 bits per heavy atom. The van der Waals surface area contributed by atoms with Crippen LogP contribution in [0, 0.1) is 12.7 Å².